The molecule has 2 N–H and O–H groups in total. The largest absolute Gasteiger partial charge is 0.356 e. The van der Waals surface area contributed by atoms with Gasteiger partial charge in [-0.05, 0) is 43.0 Å². The van der Waals surface area contributed by atoms with Crippen molar-refractivity contribution in [2.75, 3.05) is 29.3 Å². The number of hydrogen-bond acceptors (Lipinski definition) is 5. The van der Waals surface area contributed by atoms with Crippen molar-refractivity contribution in [3.63, 3.8) is 0 Å². The van der Waals surface area contributed by atoms with Gasteiger partial charge in [-0.1, -0.05) is 0 Å². The number of benzene rings is 1. The van der Waals surface area contributed by atoms with Crippen LogP contribution in [-0.2, 0) is 14.8 Å². The van der Waals surface area contributed by atoms with Crippen LogP contribution in [0.3, 0.4) is 0 Å². The minimum Gasteiger partial charge on any atom is -0.356 e. The molecule has 1 unspecified atom stereocenters. The number of nitrogens with one attached hydrogen (secondary N) is 2. The van der Waals surface area contributed by atoms with Crippen molar-refractivity contribution in [2.24, 2.45) is 5.92 Å². The third-order valence-corrected chi connectivity index (χ3v) is 6.05. The van der Waals surface area contributed by atoms with Gasteiger partial charge in [-0.3, -0.25) is 9.52 Å². The van der Waals surface area contributed by atoms with Gasteiger partial charge >= 0.3 is 0 Å². The number of carbonyl (C=O) groups excluding carboxylic acids is 1. The van der Waals surface area contributed by atoms with Crippen LogP contribution in [0.1, 0.15) is 19.8 Å². The topological polar surface area (TPSA) is 91.4 Å². The first-order valence-corrected chi connectivity index (χ1v) is 10.7. The first kappa shape index (κ1) is 21.0. The number of rotatable bonds is 6. The van der Waals surface area contributed by atoms with Crippen LogP contribution >= 0.6 is 0 Å². The number of anilines is 2. The van der Waals surface area contributed by atoms with Gasteiger partial charge in [-0.2, -0.15) is 0 Å². The summed E-state index contributed by atoms with van der Waals surface area (Å²) in [6.07, 6.45) is 3.18. The number of pyridine rings is 1. The van der Waals surface area contributed by atoms with E-state index in [2.05, 4.69) is 19.9 Å². The molecule has 156 valence electrons. The predicted molar refractivity (Wildman–Crippen MR) is 105 cm³/mol. The number of carbonyl (C=O) groups is 1. The van der Waals surface area contributed by atoms with Gasteiger partial charge in [0.2, 0.25) is 5.91 Å². The van der Waals surface area contributed by atoms with Crippen molar-refractivity contribution in [3.8, 4) is 0 Å². The molecule has 1 atom stereocenters. The lowest BCUT2D eigenvalue weighted by molar-refractivity contribution is -0.119. The van der Waals surface area contributed by atoms with Gasteiger partial charge < -0.3 is 10.2 Å². The second-order valence-electron chi connectivity index (χ2n) is 6.98. The van der Waals surface area contributed by atoms with Crippen LogP contribution in [0.15, 0.2) is 41.4 Å². The van der Waals surface area contributed by atoms with E-state index in [9.17, 15) is 22.0 Å². The molecule has 1 fully saturated rings. The van der Waals surface area contributed by atoms with Crippen LogP contribution < -0.4 is 14.9 Å². The maximum Gasteiger partial charge on any atom is 0.263 e. The van der Waals surface area contributed by atoms with E-state index in [4.69, 9.17) is 0 Å². The van der Waals surface area contributed by atoms with Gasteiger partial charge in [0.15, 0.2) is 11.6 Å². The maximum absolute atomic E-state index is 13.3. The van der Waals surface area contributed by atoms with E-state index in [1.54, 1.807) is 6.07 Å². The Kier molecular flexibility index (Phi) is 6.31. The molecular weight excluding hydrogens is 402 g/mol. The van der Waals surface area contributed by atoms with E-state index in [0.29, 0.717) is 24.8 Å². The summed E-state index contributed by atoms with van der Waals surface area (Å²) in [5.41, 5.74) is -0.0789. The Morgan fingerprint density at radius 2 is 2.03 bits per heavy atom. The first-order chi connectivity index (χ1) is 13.7. The third-order valence-electron chi connectivity index (χ3n) is 4.69. The molecule has 1 aromatic carbocycles. The highest BCUT2D eigenvalue weighted by molar-refractivity contribution is 7.92. The van der Waals surface area contributed by atoms with Crippen LogP contribution in [0.25, 0.3) is 0 Å². The number of nitrogens with zero attached hydrogens (tertiary/aromatic N) is 2. The quantitative estimate of drug-likeness (QED) is 0.744. The molecular formula is C19H22F2N4O3S. The van der Waals surface area contributed by atoms with Gasteiger partial charge in [0.05, 0.1) is 5.69 Å². The molecule has 0 bridgehead atoms. The van der Waals surface area contributed by atoms with E-state index < -0.39 is 21.7 Å². The molecule has 1 aliphatic rings. The van der Waals surface area contributed by atoms with E-state index in [-0.39, 0.29) is 16.5 Å². The molecule has 1 aromatic heterocycles. The van der Waals surface area contributed by atoms with Gasteiger partial charge in [0.1, 0.15) is 10.7 Å². The van der Waals surface area contributed by atoms with Gasteiger partial charge in [-0.25, -0.2) is 22.2 Å². The molecule has 2 heterocycles. The molecule has 0 radical (unpaired) electrons. The van der Waals surface area contributed by atoms with Gasteiger partial charge in [0, 0.05) is 38.8 Å². The zero-order chi connectivity index (χ0) is 21.0. The Balaban J connectivity index is 1.68. The zero-order valence-corrected chi connectivity index (χ0v) is 16.7. The van der Waals surface area contributed by atoms with Crippen molar-refractivity contribution in [1.29, 1.82) is 0 Å². The summed E-state index contributed by atoms with van der Waals surface area (Å²) in [7, 11) is -3.99. The average molecular weight is 424 g/mol. The summed E-state index contributed by atoms with van der Waals surface area (Å²) in [6.45, 7) is 3.58. The van der Waals surface area contributed by atoms with Crippen molar-refractivity contribution in [3.05, 3.63) is 48.2 Å². The molecule has 0 spiro atoms. The molecule has 3 rings (SSSR count). The van der Waals surface area contributed by atoms with Crippen LogP contribution in [0.5, 0.6) is 0 Å². The summed E-state index contributed by atoms with van der Waals surface area (Å²) < 4.78 is 53.4. The highest BCUT2D eigenvalue weighted by atomic mass is 32.2. The fraction of sp³-hybridized carbons (Fsp3) is 0.368. The van der Waals surface area contributed by atoms with E-state index >= 15 is 0 Å². The second-order valence-corrected chi connectivity index (χ2v) is 8.66. The van der Waals surface area contributed by atoms with E-state index in [1.165, 1.54) is 19.2 Å². The molecule has 29 heavy (non-hydrogen) atoms. The van der Waals surface area contributed by atoms with Gasteiger partial charge in [0.25, 0.3) is 10.0 Å². The molecule has 0 aliphatic carbocycles. The fourth-order valence-corrected chi connectivity index (χ4v) is 4.21. The number of piperidine rings is 1. The Hall–Kier alpha value is -2.75. The number of hydrogen-bond donors (Lipinski definition) is 2. The lowest BCUT2D eigenvalue weighted by Crippen LogP contribution is -2.40. The molecule has 0 saturated carbocycles. The van der Waals surface area contributed by atoms with Gasteiger partial charge in [-0.15, -0.1) is 0 Å². The first-order valence-electron chi connectivity index (χ1n) is 9.18. The lowest BCUT2D eigenvalue weighted by Gasteiger charge is -2.33. The van der Waals surface area contributed by atoms with E-state index in [0.717, 1.165) is 37.6 Å². The van der Waals surface area contributed by atoms with Crippen molar-refractivity contribution >= 4 is 27.4 Å². The van der Waals surface area contributed by atoms with Crippen LogP contribution in [0, 0.1) is 17.6 Å². The number of amides is 1. The summed E-state index contributed by atoms with van der Waals surface area (Å²) in [5.74, 6) is -1.32. The van der Waals surface area contributed by atoms with Crippen molar-refractivity contribution < 1.29 is 22.0 Å². The standard InChI is InChI=1S/C19H22F2N4O3S/c1-13(26)22-10-14-3-2-8-25(12-14)19-7-5-16(11-23-19)29(27,28)24-15-4-6-17(20)18(21)9-15/h4-7,9,11,14,24H,2-3,8,10,12H2,1H3,(H,22,26). The second kappa shape index (κ2) is 8.73. The summed E-state index contributed by atoms with van der Waals surface area (Å²) in [5, 5.41) is 2.82. The minimum absolute atomic E-state index is 0.0663. The highest BCUT2D eigenvalue weighted by Crippen LogP contribution is 2.23. The number of aromatic nitrogens is 1. The smallest absolute Gasteiger partial charge is 0.263 e. The summed E-state index contributed by atoms with van der Waals surface area (Å²) in [6, 6.07) is 5.79. The zero-order valence-electron chi connectivity index (χ0n) is 15.9. The number of sulfonamides is 1. The molecule has 2 aromatic rings. The molecule has 10 heteroatoms. The molecule has 1 aliphatic heterocycles. The predicted octanol–water partition coefficient (Wildman–Crippen LogP) is 2.51. The van der Waals surface area contributed by atoms with Crippen LogP contribution in [-0.4, -0.2) is 38.9 Å². The highest BCUT2D eigenvalue weighted by Gasteiger charge is 2.22. The minimum atomic E-state index is -3.99. The summed E-state index contributed by atoms with van der Waals surface area (Å²) in [4.78, 5) is 17.3. The molecule has 1 saturated heterocycles. The SMILES string of the molecule is CC(=O)NCC1CCCN(c2ccc(S(=O)(=O)Nc3ccc(F)c(F)c3)cn2)C1. The average Bonchev–Trinajstić information content (AvgIpc) is 2.69. The number of halogens is 2. The monoisotopic (exact) mass is 424 g/mol. The molecule has 1 amide bonds. The van der Waals surface area contributed by atoms with Crippen molar-refractivity contribution in [1.82, 2.24) is 10.3 Å². The van der Waals surface area contributed by atoms with Crippen LogP contribution in [0.2, 0.25) is 0 Å². The Morgan fingerprint density at radius 3 is 2.69 bits per heavy atom. The van der Waals surface area contributed by atoms with E-state index in [1.807, 2.05) is 0 Å². The Morgan fingerprint density at radius 1 is 1.24 bits per heavy atom. The third kappa shape index (κ3) is 5.41. The normalized spacial score (nSPS) is 17.1. The Bertz CT molecular complexity index is 983. The molecule has 7 nitrogen and oxygen atoms in total. The van der Waals surface area contributed by atoms with Crippen LogP contribution in [0.4, 0.5) is 20.3 Å². The lowest BCUT2D eigenvalue weighted by atomic mass is 9.98. The maximum atomic E-state index is 13.3. The van der Waals surface area contributed by atoms with Crippen molar-refractivity contribution in [2.45, 2.75) is 24.7 Å². The fourth-order valence-electron chi connectivity index (χ4n) is 3.22. The summed E-state index contributed by atoms with van der Waals surface area (Å²) >= 11 is 0. The Labute approximate surface area is 168 Å².